The average molecular weight is 411 g/mol. The Bertz CT molecular complexity index is 866. The molecule has 0 aliphatic rings. The van der Waals surface area contributed by atoms with E-state index in [4.69, 9.17) is 22.4 Å². The van der Waals surface area contributed by atoms with Gasteiger partial charge in [-0.25, -0.2) is 4.39 Å². The molecule has 2 atom stereocenters. The third-order valence-corrected chi connectivity index (χ3v) is 4.84. The molecule has 0 radical (unpaired) electrons. The van der Waals surface area contributed by atoms with E-state index in [1.165, 1.54) is 18.2 Å². The maximum absolute atomic E-state index is 15.3. The monoisotopic (exact) mass is 410 g/mol. The Morgan fingerprint density at radius 1 is 1.25 bits per heavy atom. The van der Waals surface area contributed by atoms with Crippen LogP contribution in [0.25, 0.3) is 0 Å². The number of carbonyl (C=O) groups excluding carboxylic acids is 2. The van der Waals surface area contributed by atoms with Crippen LogP contribution in [0.15, 0.2) is 36.4 Å². The van der Waals surface area contributed by atoms with Gasteiger partial charge in [-0.3, -0.25) is 9.59 Å². The highest BCUT2D eigenvalue weighted by atomic mass is 35.5. The van der Waals surface area contributed by atoms with Gasteiger partial charge in [0.15, 0.2) is 5.78 Å². The number of nitrogens with one attached hydrogen (secondary N) is 1. The molecule has 0 bridgehead atoms. The van der Waals surface area contributed by atoms with Crippen LogP contribution in [-0.4, -0.2) is 22.8 Å². The summed E-state index contributed by atoms with van der Waals surface area (Å²) < 4.78 is 15.3. The summed E-state index contributed by atoms with van der Waals surface area (Å²) in [6, 6.07) is 8.65. The van der Waals surface area contributed by atoms with E-state index < -0.39 is 23.5 Å². The molecule has 0 aliphatic carbocycles. The molecule has 7 heteroatoms. The number of primary amides is 1. The number of hydrogen-bond acceptors (Lipinski definition) is 4. The van der Waals surface area contributed by atoms with E-state index in [0.29, 0.717) is 17.5 Å². The van der Waals surface area contributed by atoms with Gasteiger partial charge in [-0.05, 0) is 25.0 Å². The zero-order valence-electron chi connectivity index (χ0n) is 15.8. The number of ketones is 1. The molecule has 2 aromatic rings. The van der Waals surface area contributed by atoms with Gasteiger partial charge in [-0.1, -0.05) is 48.9 Å². The molecule has 0 aliphatic heterocycles. The predicted molar refractivity (Wildman–Crippen MR) is 111 cm³/mol. The van der Waals surface area contributed by atoms with Crippen molar-refractivity contribution in [3.8, 4) is 0 Å². The molecule has 0 saturated carbocycles. The summed E-state index contributed by atoms with van der Waals surface area (Å²) in [4.78, 5) is 24.0. The number of carbonyl (C=O) groups is 2. The van der Waals surface area contributed by atoms with Crippen molar-refractivity contribution in [1.29, 1.82) is 0 Å². The maximum atomic E-state index is 15.3. The number of aliphatic hydroxyl groups excluding tert-OH is 1. The molecule has 0 saturated heterocycles. The minimum Gasteiger partial charge on any atom is -0.392 e. The minimum atomic E-state index is -0.686. The lowest BCUT2D eigenvalue weighted by Crippen LogP contribution is -2.34. The molecule has 0 aromatic heterocycles. The van der Waals surface area contributed by atoms with Crippen LogP contribution >= 0.6 is 11.6 Å². The first kappa shape index (κ1) is 22.0. The Morgan fingerprint density at radius 2 is 1.89 bits per heavy atom. The number of benzene rings is 2. The number of rotatable bonds is 9. The molecular weight excluding hydrogens is 383 g/mol. The van der Waals surface area contributed by atoms with Crippen LogP contribution in [0, 0.1) is 5.82 Å². The van der Waals surface area contributed by atoms with Crippen LogP contribution in [0.2, 0.25) is 5.02 Å². The van der Waals surface area contributed by atoms with E-state index in [2.05, 4.69) is 5.32 Å². The summed E-state index contributed by atoms with van der Waals surface area (Å²) in [5, 5.41) is 12.3. The van der Waals surface area contributed by atoms with Crippen LogP contribution in [0.4, 0.5) is 4.39 Å². The van der Waals surface area contributed by atoms with Crippen LogP contribution in [0.5, 0.6) is 0 Å². The lowest BCUT2D eigenvalue weighted by Gasteiger charge is -2.23. The summed E-state index contributed by atoms with van der Waals surface area (Å²) in [6.45, 7) is 3.51. The second kappa shape index (κ2) is 9.78. The van der Waals surface area contributed by atoms with Crippen molar-refractivity contribution < 1.29 is 21.9 Å². The van der Waals surface area contributed by atoms with Crippen molar-refractivity contribution in [2.75, 3.05) is 0 Å². The molecular formula is C21H28ClFN2O3. The van der Waals surface area contributed by atoms with E-state index in [-0.39, 0.29) is 38.1 Å². The normalized spacial score (nSPS) is 13.2. The first-order valence-corrected chi connectivity index (χ1v) is 9.43. The quantitative estimate of drug-likeness (QED) is 0.545. The van der Waals surface area contributed by atoms with Gasteiger partial charge in [0.2, 0.25) is 5.91 Å². The SMILES string of the molecule is CC[C@@H](N[C@@H](C)CC(N)=O)c1ccc(Cl)c(C(=O)c2ccc(CO)cc2)c1F.[HH].[HH]. The number of hydrogen-bond donors (Lipinski definition) is 3. The highest BCUT2D eigenvalue weighted by Crippen LogP contribution is 2.30. The molecule has 0 fully saturated rings. The van der Waals surface area contributed by atoms with Crippen molar-refractivity contribution in [2.45, 2.75) is 45.4 Å². The maximum Gasteiger partial charge on any atom is 0.218 e. The summed E-state index contributed by atoms with van der Waals surface area (Å²) in [5.41, 5.74) is 6.25. The fourth-order valence-corrected chi connectivity index (χ4v) is 3.32. The number of amides is 1. The Kier molecular flexibility index (Phi) is 7.69. The zero-order chi connectivity index (χ0) is 20.8. The molecule has 154 valence electrons. The molecule has 0 heterocycles. The minimum absolute atomic E-state index is 0. The van der Waals surface area contributed by atoms with Crippen LogP contribution in [-0.2, 0) is 11.4 Å². The average Bonchev–Trinajstić information content (AvgIpc) is 2.66. The summed E-state index contributed by atoms with van der Waals surface area (Å²) >= 11 is 6.14. The second-order valence-electron chi connectivity index (χ2n) is 6.71. The van der Waals surface area contributed by atoms with Gasteiger partial charge < -0.3 is 16.2 Å². The van der Waals surface area contributed by atoms with E-state index >= 15 is 4.39 Å². The van der Waals surface area contributed by atoms with E-state index in [0.717, 1.165) is 0 Å². The van der Waals surface area contributed by atoms with Crippen molar-refractivity contribution in [1.82, 2.24) is 5.32 Å². The first-order chi connectivity index (χ1) is 13.3. The Labute approximate surface area is 171 Å². The van der Waals surface area contributed by atoms with Crippen molar-refractivity contribution >= 4 is 23.3 Å². The third-order valence-electron chi connectivity index (χ3n) is 4.52. The first-order valence-electron chi connectivity index (χ1n) is 9.05. The highest BCUT2D eigenvalue weighted by molar-refractivity contribution is 6.35. The van der Waals surface area contributed by atoms with Crippen molar-refractivity contribution in [3.63, 3.8) is 0 Å². The van der Waals surface area contributed by atoms with E-state index in [1.807, 2.05) is 6.92 Å². The third kappa shape index (κ3) is 5.16. The standard InChI is InChI=1S/C21H24ClFN2O3.2H2/c1-3-17(25-12(2)10-18(24)27)15-8-9-16(22)19(20(15)23)21(28)14-6-4-13(11-26)5-7-14;;/h4-9,12,17,25-26H,3,10-11H2,1-2H3,(H2,24,27);2*1H/t12-,17+;;/m0../s1. The van der Waals surface area contributed by atoms with Crippen molar-refractivity contribution in [2.24, 2.45) is 5.73 Å². The zero-order valence-corrected chi connectivity index (χ0v) is 16.6. The van der Waals surface area contributed by atoms with Gasteiger partial charge in [0.1, 0.15) is 5.82 Å². The van der Waals surface area contributed by atoms with Gasteiger partial charge in [0, 0.05) is 32.5 Å². The van der Waals surface area contributed by atoms with Gasteiger partial charge in [-0.2, -0.15) is 0 Å². The second-order valence-corrected chi connectivity index (χ2v) is 7.12. The fraction of sp³-hybridized carbons (Fsp3) is 0.333. The molecule has 2 rings (SSSR count). The van der Waals surface area contributed by atoms with Gasteiger partial charge in [-0.15, -0.1) is 0 Å². The number of aliphatic hydroxyl groups is 1. The van der Waals surface area contributed by atoms with Crippen LogP contribution < -0.4 is 11.1 Å². The summed E-state index contributed by atoms with van der Waals surface area (Å²) in [7, 11) is 0. The molecule has 0 spiro atoms. The van der Waals surface area contributed by atoms with Gasteiger partial charge in [0.25, 0.3) is 0 Å². The molecule has 4 N–H and O–H groups in total. The Morgan fingerprint density at radius 3 is 2.43 bits per heavy atom. The van der Waals surface area contributed by atoms with Crippen LogP contribution in [0.3, 0.4) is 0 Å². The van der Waals surface area contributed by atoms with Gasteiger partial charge in [0.05, 0.1) is 17.2 Å². The summed E-state index contributed by atoms with van der Waals surface area (Å²) in [5.74, 6) is -1.67. The van der Waals surface area contributed by atoms with Crippen molar-refractivity contribution in [3.05, 3.63) is 69.5 Å². The molecule has 1 amide bonds. The topological polar surface area (TPSA) is 92.4 Å². The Balaban J connectivity index is 0.00000420. The van der Waals surface area contributed by atoms with Gasteiger partial charge >= 0.3 is 0 Å². The smallest absolute Gasteiger partial charge is 0.218 e. The summed E-state index contributed by atoms with van der Waals surface area (Å²) in [6.07, 6.45) is 0.662. The lowest BCUT2D eigenvalue weighted by atomic mass is 9.95. The number of halogens is 2. The fourth-order valence-electron chi connectivity index (χ4n) is 3.08. The molecule has 2 aromatic carbocycles. The largest absolute Gasteiger partial charge is 0.392 e. The van der Waals surface area contributed by atoms with E-state index in [1.54, 1.807) is 25.1 Å². The predicted octanol–water partition coefficient (Wildman–Crippen LogP) is 4.00. The highest BCUT2D eigenvalue weighted by Gasteiger charge is 2.25. The lowest BCUT2D eigenvalue weighted by molar-refractivity contribution is -0.118. The van der Waals surface area contributed by atoms with E-state index in [9.17, 15) is 9.59 Å². The molecule has 0 unspecified atom stereocenters. The molecule has 28 heavy (non-hydrogen) atoms. The van der Waals surface area contributed by atoms with Crippen LogP contribution in [0.1, 0.15) is 62.6 Å². The Hall–Kier alpha value is -2.28. The molecule has 5 nitrogen and oxygen atoms in total. The number of nitrogens with two attached hydrogens (primary N) is 1.